The first-order valence-electron chi connectivity index (χ1n) is 7.45. The summed E-state index contributed by atoms with van der Waals surface area (Å²) in [7, 11) is 0. The molecular formula is C16H23N3O4. The summed E-state index contributed by atoms with van der Waals surface area (Å²) in [6.07, 6.45) is 0.0231. The molecule has 1 aromatic rings. The van der Waals surface area contributed by atoms with Crippen LogP contribution in [0.5, 0.6) is 0 Å². The van der Waals surface area contributed by atoms with E-state index in [2.05, 4.69) is 10.6 Å². The summed E-state index contributed by atoms with van der Waals surface area (Å²) in [4.78, 5) is 34.9. The lowest BCUT2D eigenvalue weighted by Gasteiger charge is -2.20. The fraction of sp³-hybridized carbons (Fsp3) is 0.438. The Morgan fingerprint density at radius 1 is 1.22 bits per heavy atom. The largest absolute Gasteiger partial charge is 0.466 e. The smallest absolute Gasteiger partial charge is 0.308 e. The predicted octanol–water partition coefficient (Wildman–Crippen LogP) is 0.180. The number of ether oxygens (including phenoxy) is 1. The molecule has 2 amide bonds. The Labute approximate surface area is 135 Å². The predicted molar refractivity (Wildman–Crippen MR) is 85.4 cm³/mol. The molecular weight excluding hydrogens is 298 g/mol. The molecule has 0 saturated carbocycles. The molecule has 0 radical (unpaired) electrons. The van der Waals surface area contributed by atoms with Gasteiger partial charge in [-0.3, -0.25) is 14.4 Å². The van der Waals surface area contributed by atoms with Gasteiger partial charge in [-0.1, -0.05) is 24.3 Å². The van der Waals surface area contributed by atoms with Crippen molar-refractivity contribution in [3.8, 4) is 0 Å². The Bertz CT molecular complexity index is 560. The maximum absolute atomic E-state index is 12.0. The Morgan fingerprint density at radius 3 is 2.52 bits per heavy atom. The summed E-state index contributed by atoms with van der Waals surface area (Å²) in [5.74, 6) is -1.21. The molecule has 7 heteroatoms. The molecule has 126 valence electrons. The number of carbonyl (C=O) groups excluding carboxylic acids is 3. The second-order valence-corrected chi connectivity index (χ2v) is 4.97. The second kappa shape index (κ2) is 9.58. The van der Waals surface area contributed by atoms with Crippen LogP contribution in [0.25, 0.3) is 0 Å². The summed E-state index contributed by atoms with van der Waals surface area (Å²) in [6, 6.07) is 6.94. The first-order valence-corrected chi connectivity index (χ1v) is 7.45. The third-order valence-electron chi connectivity index (χ3n) is 3.21. The van der Waals surface area contributed by atoms with Gasteiger partial charge in [-0.15, -0.1) is 0 Å². The number of nitrogens with one attached hydrogen (secondary N) is 2. The number of benzene rings is 1. The van der Waals surface area contributed by atoms with Crippen molar-refractivity contribution in [3.05, 3.63) is 35.4 Å². The zero-order valence-electron chi connectivity index (χ0n) is 13.4. The second-order valence-electron chi connectivity index (χ2n) is 4.97. The molecule has 1 unspecified atom stereocenters. The van der Waals surface area contributed by atoms with Gasteiger partial charge in [-0.25, -0.2) is 0 Å². The third-order valence-corrected chi connectivity index (χ3v) is 3.21. The average molecular weight is 321 g/mol. The van der Waals surface area contributed by atoms with Gasteiger partial charge >= 0.3 is 5.97 Å². The van der Waals surface area contributed by atoms with E-state index in [4.69, 9.17) is 10.5 Å². The van der Waals surface area contributed by atoms with E-state index in [0.29, 0.717) is 0 Å². The first-order chi connectivity index (χ1) is 11.0. The molecule has 0 aromatic heterocycles. The van der Waals surface area contributed by atoms with E-state index in [1.807, 2.05) is 31.2 Å². The van der Waals surface area contributed by atoms with Gasteiger partial charge in [0.15, 0.2) is 0 Å². The van der Waals surface area contributed by atoms with Crippen molar-refractivity contribution < 1.29 is 19.1 Å². The highest BCUT2D eigenvalue weighted by Crippen LogP contribution is 2.21. The number of rotatable bonds is 8. The zero-order valence-corrected chi connectivity index (χ0v) is 13.4. The lowest BCUT2D eigenvalue weighted by atomic mass is 9.98. The quantitative estimate of drug-likeness (QED) is 0.592. The highest BCUT2D eigenvalue weighted by Gasteiger charge is 2.20. The van der Waals surface area contributed by atoms with Crippen molar-refractivity contribution in [1.29, 1.82) is 0 Å². The lowest BCUT2D eigenvalue weighted by molar-refractivity contribution is -0.144. The van der Waals surface area contributed by atoms with Crippen LogP contribution in [0.1, 0.15) is 30.5 Å². The van der Waals surface area contributed by atoms with Crippen LogP contribution in [-0.2, 0) is 19.1 Å². The van der Waals surface area contributed by atoms with Crippen LogP contribution < -0.4 is 16.4 Å². The molecule has 1 aromatic carbocycles. The first kappa shape index (κ1) is 18.6. The fourth-order valence-electron chi connectivity index (χ4n) is 2.10. The molecule has 0 aliphatic carbocycles. The van der Waals surface area contributed by atoms with E-state index in [0.717, 1.165) is 11.1 Å². The summed E-state index contributed by atoms with van der Waals surface area (Å²) < 4.78 is 4.95. The number of nitrogens with two attached hydrogens (primary N) is 1. The van der Waals surface area contributed by atoms with Crippen molar-refractivity contribution in [2.45, 2.75) is 26.3 Å². The number of hydrogen-bond acceptors (Lipinski definition) is 5. The molecule has 7 nitrogen and oxygen atoms in total. The molecule has 0 heterocycles. The van der Waals surface area contributed by atoms with Crippen molar-refractivity contribution in [3.63, 3.8) is 0 Å². The van der Waals surface area contributed by atoms with E-state index in [-0.39, 0.29) is 26.1 Å². The van der Waals surface area contributed by atoms with Crippen LogP contribution in [0.2, 0.25) is 0 Å². The van der Waals surface area contributed by atoms with Gasteiger partial charge in [-0.05, 0) is 25.0 Å². The highest BCUT2D eigenvalue weighted by molar-refractivity contribution is 5.86. The molecule has 0 saturated heterocycles. The number of esters is 1. The standard InChI is InChI=1S/C16H23N3O4/c1-3-23-16(22)8-13(12-7-5-4-6-11(12)2)19-15(21)10-18-14(20)9-17/h4-7,13H,3,8-10,17H2,1-2H3,(H,18,20)(H,19,21). The fourth-order valence-corrected chi connectivity index (χ4v) is 2.10. The van der Waals surface area contributed by atoms with Gasteiger partial charge in [-0.2, -0.15) is 0 Å². The number of aryl methyl sites for hydroxylation is 1. The molecule has 0 aliphatic rings. The van der Waals surface area contributed by atoms with Crippen LogP contribution in [0.3, 0.4) is 0 Å². The van der Waals surface area contributed by atoms with E-state index in [1.54, 1.807) is 6.92 Å². The van der Waals surface area contributed by atoms with E-state index in [9.17, 15) is 14.4 Å². The molecule has 1 rings (SSSR count). The van der Waals surface area contributed by atoms with Gasteiger partial charge < -0.3 is 21.1 Å². The van der Waals surface area contributed by atoms with E-state index >= 15 is 0 Å². The molecule has 0 aliphatic heterocycles. The molecule has 0 spiro atoms. The molecule has 1 atom stereocenters. The SMILES string of the molecule is CCOC(=O)CC(NC(=O)CNC(=O)CN)c1ccccc1C. The van der Waals surface area contributed by atoms with Crippen LogP contribution in [0.15, 0.2) is 24.3 Å². The van der Waals surface area contributed by atoms with E-state index in [1.165, 1.54) is 0 Å². The number of carbonyl (C=O) groups is 3. The van der Waals surface area contributed by atoms with Crippen molar-refractivity contribution >= 4 is 17.8 Å². The topological polar surface area (TPSA) is 111 Å². The average Bonchev–Trinajstić information content (AvgIpc) is 2.52. The molecule has 23 heavy (non-hydrogen) atoms. The zero-order chi connectivity index (χ0) is 17.2. The minimum absolute atomic E-state index is 0.0231. The van der Waals surface area contributed by atoms with Gasteiger partial charge in [0.2, 0.25) is 11.8 Å². The van der Waals surface area contributed by atoms with Gasteiger partial charge in [0.1, 0.15) is 0 Å². The summed E-state index contributed by atoms with van der Waals surface area (Å²) >= 11 is 0. The van der Waals surface area contributed by atoms with Crippen LogP contribution >= 0.6 is 0 Å². The minimum Gasteiger partial charge on any atom is -0.466 e. The van der Waals surface area contributed by atoms with Crippen LogP contribution in [0.4, 0.5) is 0 Å². The van der Waals surface area contributed by atoms with Crippen molar-refractivity contribution in [2.24, 2.45) is 5.73 Å². The Balaban J connectivity index is 2.79. The van der Waals surface area contributed by atoms with Crippen LogP contribution in [-0.4, -0.2) is 37.5 Å². The normalized spacial score (nSPS) is 11.4. The number of hydrogen-bond donors (Lipinski definition) is 3. The summed E-state index contributed by atoms with van der Waals surface area (Å²) in [5, 5.41) is 5.14. The van der Waals surface area contributed by atoms with Crippen molar-refractivity contribution in [1.82, 2.24) is 10.6 Å². The van der Waals surface area contributed by atoms with Gasteiger partial charge in [0.25, 0.3) is 0 Å². The monoisotopic (exact) mass is 321 g/mol. The van der Waals surface area contributed by atoms with Crippen LogP contribution in [0, 0.1) is 6.92 Å². The van der Waals surface area contributed by atoms with Gasteiger partial charge in [0, 0.05) is 0 Å². The maximum atomic E-state index is 12.0. The Hall–Kier alpha value is -2.41. The number of amides is 2. The Kier molecular flexibility index (Phi) is 7.76. The van der Waals surface area contributed by atoms with Crippen molar-refractivity contribution in [2.75, 3.05) is 19.7 Å². The molecule has 0 fully saturated rings. The highest BCUT2D eigenvalue weighted by atomic mass is 16.5. The summed E-state index contributed by atoms with van der Waals surface area (Å²) in [6.45, 7) is 3.52. The van der Waals surface area contributed by atoms with E-state index < -0.39 is 23.8 Å². The third kappa shape index (κ3) is 6.48. The maximum Gasteiger partial charge on any atom is 0.308 e. The Morgan fingerprint density at radius 2 is 1.91 bits per heavy atom. The minimum atomic E-state index is -0.516. The molecule has 4 N–H and O–H groups in total. The molecule has 0 bridgehead atoms. The lowest BCUT2D eigenvalue weighted by Crippen LogP contribution is -2.41. The van der Waals surface area contributed by atoms with Gasteiger partial charge in [0.05, 0.1) is 32.2 Å². The summed E-state index contributed by atoms with van der Waals surface area (Å²) in [5.41, 5.74) is 6.95.